The number of ether oxygens (including phenoxy) is 2. The Morgan fingerprint density at radius 3 is 2.33 bits per heavy atom. The lowest BCUT2D eigenvalue weighted by molar-refractivity contribution is -0.0946. The number of hydrogen-bond acceptors (Lipinski definition) is 5. The molecule has 0 saturated carbocycles. The van der Waals surface area contributed by atoms with E-state index < -0.39 is 0 Å². The van der Waals surface area contributed by atoms with Crippen LogP contribution >= 0.6 is 24.0 Å². The van der Waals surface area contributed by atoms with Crippen LogP contribution in [0.15, 0.2) is 29.3 Å². The lowest BCUT2D eigenvalue weighted by Crippen LogP contribution is -2.59. The zero-order valence-corrected chi connectivity index (χ0v) is 23.4. The molecule has 0 bridgehead atoms. The fraction of sp³-hybridized carbons (Fsp3) is 0.720. The fourth-order valence-corrected chi connectivity index (χ4v) is 4.46. The minimum atomic E-state index is 0. The molecular weight excluding hydrogens is 529 g/mol. The predicted molar refractivity (Wildman–Crippen MR) is 146 cm³/mol. The standard InChI is InChI=1S/C25H43N5O2.HI/c1-6-26-24(28-19-25(4,5)30-16-20(2)32-21(3)17-30)27-15-22-9-7-8-10-23(22)18-29-11-13-31-14-12-29;/h7-10,20-21H,6,11-19H2,1-5H3,(H2,26,27,28);1H. The highest BCUT2D eigenvalue weighted by atomic mass is 127. The molecule has 2 unspecified atom stereocenters. The number of guanidine groups is 1. The first kappa shape index (κ1) is 28.3. The van der Waals surface area contributed by atoms with Crippen molar-refractivity contribution in [2.75, 3.05) is 52.5 Å². The highest BCUT2D eigenvalue weighted by Gasteiger charge is 2.33. The Hall–Kier alpha value is -0.940. The van der Waals surface area contributed by atoms with E-state index in [1.807, 2.05) is 0 Å². The van der Waals surface area contributed by atoms with E-state index in [9.17, 15) is 0 Å². The Morgan fingerprint density at radius 1 is 1.06 bits per heavy atom. The van der Waals surface area contributed by atoms with Crippen molar-refractivity contribution < 1.29 is 9.47 Å². The van der Waals surface area contributed by atoms with Crippen molar-refractivity contribution in [3.05, 3.63) is 35.4 Å². The van der Waals surface area contributed by atoms with Crippen molar-refractivity contribution >= 4 is 29.9 Å². The molecule has 3 rings (SSSR count). The van der Waals surface area contributed by atoms with Crippen LogP contribution in [0.2, 0.25) is 0 Å². The molecule has 2 N–H and O–H groups in total. The maximum atomic E-state index is 5.92. The quantitative estimate of drug-likeness (QED) is 0.283. The van der Waals surface area contributed by atoms with Crippen LogP contribution < -0.4 is 10.6 Å². The summed E-state index contributed by atoms with van der Waals surface area (Å²) >= 11 is 0. The summed E-state index contributed by atoms with van der Waals surface area (Å²) in [5, 5.41) is 7.00. The summed E-state index contributed by atoms with van der Waals surface area (Å²) in [4.78, 5) is 9.91. The Kier molecular flexibility index (Phi) is 11.9. The molecule has 2 aliphatic rings. The molecule has 0 spiro atoms. The van der Waals surface area contributed by atoms with Crippen molar-refractivity contribution in [3.63, 3.8) is 0 Å². The highest BCUT2D eigenvalue weighted by Crippen LogP contribution is 2.20. The summed E-state index contributed by atoms with van der Waals surface area (Å²) in [5.41, 5.74) is 2.65. The van der Waals surface area contributed by atoms with Crippen molar-refractivity contribution in [2.45, 2.75) is 65.5 Å². The second kappa shape index (κ2) is 13.8. The molecule has 0 radical (unpaired) electrons. The van der Waals surface area contributed by atoms with Gasteiger partial charge in [-0.2, -0.15) is 0 Å². The summed E-state index contributed by atoms with van der Waals surface area (Å²) in [6.45, 7) is 19.9. The second-order valence-corrected chi connectivity index (χ2v) is 9.68. The van der Waals surface area contributed by atoms with Crippen LogP contribution in [0.5, 0.6) is 0 Å². The molecule has 33 heavy (non-hydrogen) atoms. The maximum absolute atomic E-state index is 5.92. The Labute approximate surface area is 217 Å². The van der Waals surface area contributed by atoms with E-state index >= 15 is 0 Å². The molecule has 2 atom stereocenters. The third-order valence-electron chi connectivity index (χ3n) is 6.33. The van der Waals surface area contributed by atoms with E-state index in [4.69, 9.17) is 14.5 Å². The minimum Gasteiger partial charge on any atom is -0.379 e. The van der Waals surface area contributed by atoms with Crippen molar-refractivity contribution in [1.29, 1.82) is 0 Å². The number of aliphatic imine (C=N–C) groups is 1. The fourth-order valence-electron chi connectivity index (χ4n) is 4.46. The van der Waals surface area contributed by atoms with Crippen LogP contribution in [0.25, 0.3) is 0 Å². The Balaban J connectivity index is 0.00000385. The van der Waals surface area contributed by atoms with Crippen LogP contribution in [-0.4, -0.2) is 86.0 Å². The molecule has 1 aromatic rings. The third kappa shape index (κ3) is 8.98. The van der Waals surface area contributed by atoms with Gasteiger partial charge < -0.3 is 20.1 Å². The van der Waals surface area contributed by atoms with E-state index in [2.05, 4.69) is 79.3 Å². The summed E-state index contributed by atoms with van der Waals surface area (Å²) in [6.07, 6.45) is 0.533. The average Bonchev–Trinajstić information content (AvgIpc) is 2.77. The molecule has 0 aliphatic carbocycles. The zero-order chi connectivity index (χ0) is 23.0. The largest absolute Gasteiger partial charge is 0.379 e. The van der Waals surface area contributed by atoms with Gasteiger partial charge in [0.25, 0.3) is 0 Å². The monoisotopic (exact) mass is 573 g/mol. The number of benzene rings is 1. The molecule has 2 heterocycles. The Bertz CT molecular complexity index is 729. The molecule has 0 aromatic heterocycles. The highest BCUT2D eigenvalue weighted by molar-refractivity contribution is 14.0. The lowest BCUT2D eigenvalue weighted by atomic mass is 10.00. The average molecular weight is 574 g/mol. The molecule has 2 saturated heterocycles. The van der Waals surface area contributed by atoms with Gasteiger partial charge in [-0.25, -0.2) is 4.99 Å². The Morgan fingerprint density at radius 2 is 1.70 bits per heavy atom. The molecule has 0 amide bonds. The topological polar surface area (TPSA) is 61.4 Å². The number of hydrogen-bond donors (Lipinski definition) is 2. The smallest absolute Gasteiger partial charge is 0.191 e. The van der Waals surface area contributed by atoms with Crippen LogP contribution in [0.4, 0.5) is 0 Å². The first-order valence-electron chi connectivity index (χ1n) is 12.2. The van der Waals surface area contributed by atoms with Crippen LogP contribution in [0.1, 0.15) is 45.7 Å². The first-order valence-corrected chi connectivity index (χ1v) is 12.2. The molecule has 188 valence electrons. The third-order valence-corrected chi connectivity index (χ3v) is 6.33. The van der Waals surface area contributed by atoms with E-state index in [1.165, 1.54) is 11.1 Å². The van der Waals surface area contributed by atoms with Gasteiger partial charge in [0.05, 0.1) is 32.0 Å². The van der Waals surface area contributed by atoms with E-state index in [0.717, 1.165) is 65.0 Å². The first-order chi connectivity index (χ1) is 15.4. The van der Waals surface area contributed by atoms with Gasteiger partial charge in [-0.05, 0) is 45.7 Å². The van der Waals surface area contributed by atoms with Crippen molar-refractivity contribution in [1.82, 2.24) is 20.4 Å². The maximum Gasteiger partial charge on any atom is 0.191 e. The van der Waals surface area contributed by atoms with Gasteiger partial charge in [0.15, 0.2) is 5.96 Å². The van der Waals surface area contributed by atoms with Gasteiger partial charge in [-0.3, -0.25) is 9.80 Å². The summed E-state index contributed by atoms with van der Waals surface area (Å²) < 4.78 is 11.4. The van der Waals surface area contributed by atoms with E-state index in [-0.39, 0.29) is 41.7 Å². The number of rotatable bonds is 8. The lowest BCUT2D eigenvalue weighted by Gasteiger charge is -2.45. The molecule has 2 fully saturated rings. The van der Waals surface area contributed by atoms with Crippen molar-refractivity contribution in [2.24, 2.45) is 4.99 Å². The molecule has 8 heteroatoms. The zero-order valence-electron chi connectivity index (χ0n) is 21.1. The summed E-state index contributed by atoms with van der Waals surface area (Å²) in [7, 11) is 0. The van der Waals surface area contributed by atoms with E-state index in [1.54, 1.807) is 0 Å². The van der Waals surface area contributed by atoms with Gasteiger partial charge in [0.2, 0.25) is 0 Å². The van der Waals surface area contributed by atoms with Gasteiger partial charge in [-0.1, -0.05) is 24.3 Å². The van der Waals surface area contributed by atoms with Gasteiger partial charge >= 0.3 is 0 Å². The predicted octanol–water partition coefficient (Wildman–Crippen LogP) is 3.08. The van der Waals surface area contributed by atoms with Crippen LogP contribution in [0.3, 0.4) is 0 Å². The minimum absolute atomic E-state index is 0. The summed E-state index contributed by atoms with van der Waals surface area (Å²) in [6, 6.07) is 8.66. The number of morpholine rings is 2. The number of halogens is 1. The number of nitrogens with one attached hydrogen (secondary N) is 2. The molecular formula is C25H44IN5O2. The van der Waals surface area contributed by atoms with E-state index in [0.29, 0.717) is 6.54 Å². The molecule has 2 aliphatic heterocycles. The summed E-state index contributed by atoms with van der Waals surface area (Å²) in [5.74, 6) is 0.871. The molecule has 7 nitrogen and oxygen atoms in total. The van der Waals surface area contributed by atoms with Crippen LogP contribution in [-0.2, 0) is 22.6 Å². The SMILES string of the molecule is CCNC(=NCc1ccccc1CN1CCOCC1)NCC(C)(C)N1CC(C)OC(C)C1.I. The van der Waals surface area contributed by atoms with Gasteiger partial charge in [-0.15, -0.1) is 24.0 Å². The van der Waals surface area contributed by atoms with Gasteiger partial charge in [0.1, 0.15) is 0 Å². The van der Waals surface area contributed by atoms with Gasteiger partial charge in [0, 0.05) is 51.4 Å². The number of nitrogens with zero attached hydrogens (tertiary/aromatic N) is 3. The molecule has 1 aromatic carbocycles. The normalized spacial score (nSPS) is 23.1. The van der Waals surface area contributed by atoms with Crippen LogP contribution in [0, 0.1) is 0 Å². The van der Waals surface area contributed by atoms with Crippen molar-refractivity contribution in [3.8, 4) is 0 Å². The second-order valence-electron chi connectivity index (χ2n) is 9.68.